The zero-order valence-corrected chi connectivity index (χ0v) is 12.6. The zero-order valence-electron chi connectivity index (χ0n) is 12.6. The number of hydrogen-bond donors (Lipinski definition) is 0. The third kappa shape index (κ3) is 2.46. The number of amides is 1. The summed E-state index contributed by atoms with van der Waals surface area (Å²) in [5, 5.41) is 3.81. The number of nitrogens with zero attached hydrogens (tertiary/aromatic N) is 4. The summed E-state index contributed by atoms with van der Waals surface area (Å²) >= 11 is 0. The van der Waals surface area contributed by atoms with Crippen LogP contribution in [0.2, 0.25) is 0 Å². The largest absolute Gasteiger partial charge is 0.316 e. The maximum absolute atomic E-state index is 13.5. The average molecular weight is 302 g/mol. The molecule has 3 rings (SSSR count). The molecule has 22 heavy (non-hydrogen) atoms. The highest BCUT2D eigenvalue weighted by Crippen LogP contribution is 2.40. The first-order valence-corrected chi connectivity index (χ1v) is 7.57. The molecule has 0 bridgehead atoms. The minimum atomic E-state index is -0.653. The molecule has 1 aromatic heterocycles. The molecular formula is C16H19FN4O. The van der Waals surface area contributed by atoms with Crippen LogP contribution in [0.4, 0.5) is 4.39 Å². The first-order valence-electron chi connectivity index (χ1n) is 7.57. The Hall–Kier alpha value is -2.00. The van der Waals surface area contributed by atoms with Gasteiger partial charge in [0, 0.05) is 19.3 Å². The third-order valence-electron chi connectivity index (χ3n) is 4.67. The van der Waals surface area contributed by atoms with Crippen LogP contribution in [0, 0.1) is 17.8 Å². The molecule has 0 aliphatic carbocycles. The van der Waals surface area contributed by atoms with Crippen molar-refractivity contribution >= 4 is 5.91 Å². The van der Waals surface area contributed by atoms with Crippen LogP contribution in [0.1, 0.15) is 37.8 Å². The summed E-state index contributed by atoms with van der Waals surface area (Å²) in [5.74, 6) is -0.407. The monoisotopic (exact) mass is 302 g/mol. The van der Waals surface area contributed by atoms with E-state index in [0.717, 1.165) is 37.9 Å². The molecule has 3 heterocycles. The van der Waals surface area contributed by atoms with Gasteiger partial charge < -0.3 is 4.85 Å². The Bertz CT molecular complexity index is 629. The Morgan fingerprint density at radius 3 is 3.05 bits per heavy atom. The van der Waals surface area contributed by atoms with Crippen LogP contribution in [-0.4, -0.2) is 40.5 Å². The molecule has 2 atom stereocenters. The fraction of sp³-hybridized carbons (Fsp3) is 0.562. The van der Waals surface area contributed by atoms with Crippen molar-refractivity contribution in [3.63, 3.8) is 0 Å². The van der Waals surface area contributed by atoms with Crippen molar-refractivity contribution in [2.75, 3.05) is 19.6 Å². The Labute approximate surface area is 129 Å². The molecule has 2 fully saturated rings. The first-order chi connectivity index (χ1) is 10.5. The maximum atomic E-state index is 13.5. The average Bonchev–Trinajstić information content (AvgIpc) is 2.85. The van der Waals surface area contributed by atoms with Gasteiger partial charge >= 0.3 is 0 Å². The standard InChI is InChI=1S/C16H19FN4O/c1-16(11-18-2)5-3-6-20-7-4-14(21(20)15(16)22)12-8-13(17)10-19-9-12/h8-10,14H,3-7,11H2,1H3/t14-,16?/m1/s1. The number of carbonyl (C=O) groups is 1. The first kappa shape index (κ1) is 14.9. The van der Waals surface area contributed by atoms with Gasteiger partial charge in [0.2, 0.25) is 6.54 Å². The minimum absolute atomic E-state index is 0.0206. The summed E-state index contributed by atoms with van der Waals surface area (Å²) < 4.78 is 13.5. The molecule has 116 valence electrons. The molecule has 5 nitrogen and oxygen atoms in total. The number of halogens is 1. The van der Waals surface area contributed by atoms with Crippen LogP contribution in [-0.2, 0) is 4.79 Å². The van der Waals surface area contributed by atoms with Crippen LogP contribution in [0.15, 0.2) is 18.5 Å². The topological polar surface area (TPSA) is 40.8 Å². The molecule has 0 N–H and O–H groups in total. The van der Waals surface area contributed by atoms with Crippen LogP contribution in [0.3, 0.4) is 0 Å². The SMILES string of the molecule is [C-]#[N+]CC1(C)CCCN2CC[C@H](c3cncc(F)c3)N2C1=O. The van der Waals surface area contributed by atoms with Crippen molar-refractivity contribution in [3.8, 4) is 0 Å². The van der Waals surface area contributed by atoms with Crippen LogP contribution < -0.4 is 0 Å². The predicted molar refractivity (Wildman–Crippen MR) is 78.8 cm³/mol. The Kier molecular flexibility index (Phi) is 3.83. The number of carbonyl (C=O) groups excluding carboxylic acids is 1. The van der Waals surface area contributed by atoms with E-state index >= 15 is 0 Å². The van der Waals surface area contributed by atoms with E-state index in [-0.39, 0.29) is 24.3 Å². The van der Waals surface area contributed by atoms with Crippen molar-refractivity contribution in [2.45, 2.75) is 32.2 Å². The van der Waals surface area contributed by atoms with E-state index in [9.17, 15) is 9.18 Å². The molecular weight excluding hydrogens is 283 g/mol. The summed E-state index contributed by atoms with van der Waals surface area (Å²) in [6.07, 6.45) is 5.17. The molecule has 6 heteroatoms. The van der Waals surface area contributed by atoms with Gasteiger partial charge in [0.15, 0.2) is 0 Å². The summed E-state index contributed by atoms with van der Waals surface area (Å²) in [5.41, 5.74) is 0.0720. The number of fused-ring (bicyclic) bond motifs is 1. The lowest BCUT2D eigenvalue weighted by Crippen LogP contribution is -2.47. The number of hydrogen-bond acceptors (Lipinski definition) is 3. The van der Waals surface area contributed by atoms with Gasteiger partial charge in [0.05, 0.1) is 12.2 Å². The maximum Gasteiger partial charge on any atom is 0.250 e. The summed E-state index contributed by atoms with van der Waals surface area (Å²) in [4.78, 5) is 20.4. The fourth-order valence-corrected chi connectivity index (χ4v) is 3.46. The molecule has 1 aromatic rings. The van der Waals surface area contributed by atoms with Gasteiger partial charge in [-0.05, 0) is 37.8 Å². The normalized spacial score (nSPS) is 29.0. The lowest BCUT2D eigenvalue weighted by Gasteiger charge is -2.34. The van der Waals surface area contributed by atoms with E-state index in [0.29, 0.717) is 0 Å². The van der Waals surface area contributed by atoms with Crippen molar-refractivity contribution in [1.82, 2.24) is 15.0 Å². The van der Waals surface area contributed by atoms with Crippen molar-refractivity contribution in [2.24, 2.45) is 5.41 Å². The van der Waals surface area contributed by atoms with Gasteiger partial charge in [-0.2, -0.15) is 0 Å². The second kappa shape index (κ2) is 5.65. The lowest BCUT2D eigenvalue weighted by atomic mass is 9.84. The molecule has 0 spiro atoms. The molecule has 1 unspecified atom stereocenters. The number of rotatable bonds is 2. The second-order valence-electron chi connectivity index (χ2n) is 6.32. The van der Waals surface area contributed by atoms with E-state index in [2.05, 4.69) is 9.83 Å². The molecule has 1 amide bonds. The van der Waals surface area contributed by atoms with Gasteiger partial charge in [-0.25, -0.2) is 16.0 Å². The predicted octanol–water partition coefficient (Wildman–Crippen LogP) is 2.43. The minimum Gasteiger partial charge on any atom is -0.316 e. The summed E-state index contributed by atoms with van der Waals surface area (Å²) in [6.45, 7) is 10.8. The molecule has 2 aliphatic heterocycles. The molecule has 2 aliphatic rings. The highest BCUT2D eigenvalue weighted by atomic mass is 19.1. The number of hydrazine groups is 1. The Morgan fingerprint density at radius 1 is 1.50 bits per heavy atom. The number of aromatic nitrogens is 1. The van der Waals surface area contributed by atoms with E-state index < -0.39 is 5.41 Å². The third-order valence-corrected chi connectivity index (χ3v) is 4.67. The van der Waals surface area contributed by atoms with Gasteiger partial charge in [-0.1, -0.05) is 0 Å². The van der Waals surface area contributed by atoms with E-state index in [4.69, 9.17) is 6.57 Å². The molecule has 0 saturated carbocycles. The highest BCUT2D eigenvalue weighted by Gasteiger charge is 2.48. The lowest BCUT2D eigenvalue weighted by molar-refractivity contribution is -0.154. The van der Waals surface area contributed by atoms with Crippen LogP contribution in [0.5, 0.6) is 0 Å². The second-order valence-corrected chi connectivity index (χ2v) is 6.32. The molecule has 0 radical (unpaired) electrons. The Morgan fingerprint density at radius 2 is 2.32 bits per heavy atom. The van der Waals surface area contributed by atoms with Crippen LogP contribution >= 0.6 is 0 Å². The van der Waals surface area contributed by atoms with Crippen LogP contribution in [0.25, 0.3) is 4.85 Å². The van der Waals surface area contributed by atoms with E-state index in [1.165, 1.54) is 12.3 Å². The van der Waals surface area contributed by atoms with Gasteiger partial charge in [0.1, 0.15) is 11.2 Å². The molecule has 2 saturated heterocycles. The smallest absolute Gasteiger partial charge is 0.250 e. The van der Waals surface area contributed by atoms with Gasteiger partial charge in [-0.15, -0.1) is 0 Å². The highest BCUT2D eigenvalue weighted by molar-refractivity contribution is 5.83. The Balaban J connectivity index is 1.95. The summed E-state index contributed by atoms with van der Waals surface area (Å²) in [7, 11) is 0. The van der Waals surface area contributed by atoms with E-state index in [1.807, 2.05) is 11.9 Å². The van der Waals surface area contributed by atoms with Gasteiger partial charge in [-0.3, -0.25) is 14.8 Å². The molecule has 0 aromatic carbocycles. The zero-order chi connectivity index (χ0) is 15.7. The fourth-order valence-electron chi connectivity index (χ4n) is 3.46. The van der Waals surface area contributed by atoms with Crippen molar-refractivity contribution in [3.05, 3.63) is 41.3 Å². The summed E-state index contributed by atoms with van der Waals surface area (Å²) in [6, 6.07) is 1.27. The van der Waals surface area contributed by atoms with Gasteiger partial charge in [0.25, 0.3) is 5.91 Å². The number of pyridine rings is 1. The van der Waals surface area contributed by atoms with Crippen molar-refractivity contribution in [1.29, 1.82) is 0 Å². The quantitative estimate of drug-likeness (QED) is 0.788. The van der Waals surface area contributed by atoms with Crippen molar-refractivity contribution < 1.29 is 9.18 Å². The van der Waals surface area contributed by atoms with E-state index in [1.54, 1.807) is 11.2 Å².